The van der Waals surface area contributed by atoms with E-state index < -0.39 is 11.9 Å². The summed E-state index contributed by atoms with van der Waals surface area (Å²) >= 11 is 5.86. The number of rotatable bonds is 5. The summed E-state index contributed by atoms with van der Waals surface area (Å²) < 4.78 is 5.29. The Morgan fingerprint density at radius 1 is 1.28 bits per heavy atom. The predicted molar refractivity (Wildman–Crippen MR) is 91.9 cm³/mol. The van der Waals surface area contributed by atoms with E-state index in [2.05, 4.69) is 0 Å². The molecule has 1 aliphatic heterocycles. The third-order valence-electron chi connectivity index (χ3n) is 4.11. The van der Waals surface area contributed by atoms with Crippen LogP contribution in [0.25, 0.3) is 0 Å². The second kappa shape index (κ2) is 7.11. The van der Waals surface area contributed by atoms with Gasteiger partial charge in [-0.15, -0.1) is 0 Å². The summed E-state index contributed by atoms with van der Waals surface area (Å²) in [5.74, 6) is -0.404. The topological polar surface area (TPSA) is 70.8 Å². The van der Waals surface area contributed by atoms with Crippen LogP contribution in [-0.4, -0.2) is 28.7 Å². The summed E-state index contributed by atoms with van der Waals surface area (Å²) in [5.41, 5.74) is 0.448. The van der Waals surface area contributed by atoms with Gasteiger partial charge in [0, 0.05) is 11.4 Å². The highest BCUT2D eigenvalue weighted by Crippen LogP contribution is 2.28. The average Bonchev–Trinajstić information content (AvgIpc) is 3.21. The van der Waals surface area contributed by atoms with Gasteiger partial charge < -0.3 is 9.32 Å². The monoisotopic (exact) mass is 360 g/mol. The lowest BCUT2D eigenvalue weighted by molar-refractivity contribution is -0.139. The predicted octanol–water partition coefficient (Wildman–Crippen LogP) is 3.00. The SMILES string of the molecule is CCC(=O)N(Cc1ccco1)[C@@H]1CC(=O)N(c2ccc(Cl)cc2)C1=O. The van der Waals surface area contributed by atoms with E-state index >= 15 is 0 Å². The third kappa shape index (κ3) is 3.44. The molecular formula is C18H17ClN2O4. The first-order valence-corrected chi connectivity index (χ1v) is 8.33. The molecule has 1 atom stereocenters. The molecule has 1 saturated heterocycles. The number of hydrogen-bond acceptors (Lipinski definition) is 4. The maximum absolute atomic E-state index is 12.8. The third-order valence-corrected chi connectivity index (χ3v) is 4.36. The molecule has 3 rings (SSSR count). The molecule has 0 spiro atoms. The largest absolute Gasteiger partial charge is 0.467 e. The first-order chi connectivity index (χ1) is 12.0. The summed E-state index contributed by atoms with van der Waals surface area (Å²) in [6.45, 7) is 1.87. The van der Waals surface area contributed by atoms with Gasteiger partial charge in [0.1, 0.15) is 11.8 Å². The van der Waals surface area contributed by atoms with Crippen molar-refractivity contribution in [2.24, 2.45) is 0 Å². The molecular weight excluding hydrogens is 344 g/mol. The van der Waals surface area contributed by atoms with Crippen LogP contribution < -0.4 is 4.90 Å². The molecule has 2 aromatic rings. The van der Waals surface area contributed by atoms with Crippen molar-refractivity contribution in [2.75, 3.05) is 4.90 Å². The zero-order valence-corrected chi connectivity index (χ0v) is 14.4. The minimum atomic E-state index is -0.833. The van der Waals surface area contributed by atoms with Crippen molar-refractivity contribution in [3.63, 3.8) is 0 Å². The van der Waals surface area contributed by atoms with E-state index in [4.69, 9.17) is 16.0 Å². The van der Waals surface area contributed by atoms with Crippen LogP contribution in [0.3, 0.4) is 0 Å². The first kappa shape index (κ1) is 17.2. The normalized spacial score (nSPS) is 17.2. The van der Waals surface area contributed by atoms with Crippen molar-refractivity contribution in [2.45, 2.75) is 32.4 Å². The Morgan fingerprint density at radius 3 is 2.60 bits per heavy atom. The number of nitrogens with zero attached hydrogens (tertiary/aromatic N) is 2. The molecule has 130 valence electrons. The van der Waals surface area contributed by atoms with E-state index in [1.165, 1.54) is 11.2 Å². The standard InChI is InChI=1S/C18H17ClN2O4/c1-2-16(22)20(11-14-4-3-9-25-14)15-10-17(23)21(18(15)24)13-7-5-12(19)6-8-13/h3-9,15H,2,10-11H2,1H3/t15-/m1/s1. The van der Waals surface area contributed by atoms with Gasteiger partial charge in [0.25, 0.3) is 5.91 Å². The zero-order chi connectivity index (χ0) is 18.0. The minimum Gasteiger partial charge on any atom is -0.467 e. The Hall–Kier alpha value is -2.60. The number of furan rings is 1. The highest BCUT2D eigenvalue weighted by molar-refractivity contribution is 6.30. The van der Waals surface area contributed by atoms with E-state index in [9.17, 15) is 14.4 Å². The van der Waals surface area contributed by atoms with Crippen molar-refractivity contribution >= 4 is 35.0 Å². The maximum Gasteiger partial charge on any atom is 0.257 e. The lowest BCUT2D eigenvalue weighted by Gasteiger charge is -2.26. The van der Waals surface area contributed by atoms with E-state index in [0.717, 1.165) is 4.90 Å². The van der Waals surface area contributed by atoms with Crippen molar-refractivity contribution in [3.8, 4) is 0 Å². The van der Waals surface area contributed by atoms with E-state index in [1.54, 1.807) is 43.3 Å². The maximum atomic E-state index is 12.8. The smallest absolute Gasteiger partial charge is 0.257 e. The summed E-state index contributed by atoms with van der Waals surface area (Å²) in [6, 6.07) is 9.06. The summed E-state index contributed by atoms with van der Waals surface area (Å²) in [7, 11) is 0. The number of carbonyl (C=O) groups is 3. The number of amides is 3. The van der Waals surface area contributed by atoms with E-state index in [-0.39, 0.29) is 31.2 Å². The molecule has 25 heavy (non-hydrogen) atoms. The molecule has 0 saturated carbocycles. The number of halogens is 1. The quantitative estimate of drug-likeness (QED) is 0.768. The van der Waals surface area contributed by atoms with Gasteiger partial charge in [-0.1, -0.05) is 18.5 Å². The van der Waals surface area contributed by atoms with Crippen LogP contribution >= 0.6 is 11.6 Å². The Morgan fingerprint density at radius 2 is 2.00 bits per heavy atom. The molecule has 1 aliphatic rings. The summed E-state index contributed by atoms with van der Waals surface area (Å²) in [4.78, 5) is 40.1. The number of benzene rings is 1. The van der Waals surface area contributed by atoms with Crippen molar-refractivity contribution in [1.29, 1.82) is 0 Å². The van der Waals surface area contributed by atoms with Gasteiger partial charge in [-0.2, -0.15) is 0 Å². The Labute approximate surface area is 150 Å². The van der Waals surface area contributed by atoms with Crippen LogP contribution in [0, 0.1) is 0 Å². The fourth-order valence-corrected chi connectivity index (χ4v) is 2.99. The van der Waals surface area contributed by atoms with Crippen LogP contribution in [0.4, 0.5) is 5.69 Å². The fourth-order valence-electron chi connectivity index (χ4n) is 2.87. The molecule has 0 N–H and O–H groups in total. The fraction of sp³-hybridized carbons (Fsp3) is 0.278. The molecule has 0 unspecified atom stereocenters. The Kier molecular flexibility index (Phi) is 4.90. The van der Waals surface area contributed by atoms with Gasteiger partial charge in [0.15, 0.2) is 0 Å². The highest BCUT2D eigenvalue weighted by atomic mass is 35.5. The van der Waals surface area contributed by atoms with E-state index in [1.807, 2.05) is 0 Å². The number of carbonyl (C=O) groups excluding carboxylic acids is 3. The number of imide groups is 1. The molecule has 6 nitrogen and oxygen atoms in total. The molecule has 0 bridgehead atoms. The lowest BCUT2D eigenvalue weighted by Crippen LogP contribution is -2.44. The first-order valence-electron chi connectivity index (χ1n) is 7.95. The Bertz CT molecular complexity index is 786. The second-order valence-corrected chi connectivity index (χ2v) is 6.15. The van der Waals surface area contributed by atoms with Crippen LogP contribution in [0.5, 0.6) is 0 Å². The van der Waals surface area contributed by atoms with Crippen molar-refractivity contribution in [3.05, 3.63) is 53.4 Å². The van der Waals surface area contributed by atoms with Gasteiger partial charge in [-0.25, -0.2) is 4.90 Å². The van der Waals surface area contributed by atoms with Crippen molar-refractivity contribution < 1.29 is 18.8 Å². The lowest BCUT2D eigenvalue weighted by atomic mass is 10.2. The molecule has 2 heterocycles. The minimum absolute atomic E-state index is 0.0477. The van der Waals surface area contributed by atoms with Crippen LogP contribution in [-0.2, 0) is 20.9 Å². The highest BCUT2D eigenvalue weighted by Gasteiger charge is 2.44. The molecule has 0 aliphatic carbocycles. The summed E-state index contributed by atoms with van der Waals surface area (Å²) in [6.07, 6.45) is 1.69. The molecule has 1 aromatic carbocycles. The number of anilines is 1. The molecule has 0 radical (unpaired) electrons. The molecule has 1 aromatic heterocycles. The van der Waals surface area contributed by atoms with Gasteiger partial charge in [0.2, 0.25) is 11.8 Å². The average molecular weight is 361 g/mol. The van der Waals surface area contributed by atoms with Crippen LogP contribution in [0.1, 0.15) is 25.5 Å². The molecule has 7 heteroatoms. The molecule has 1 fully saturated rings. The summed E-state index contributed by atoms with van der Waals surface area (Å²) in [5, 5.41) is 0.514. The Balaban J connectivity index is 1.87. The number of hydrogen-bond donors (Lipinski definition) is 0. The van der Waals surface area contributed by atoms with E-state index in [0.29, 0.717) is 16.5 Å². The van der Waals surface area contributed by atoms with Gasteiger partial charge in [0.05, 0.1) is 24.9 Å². The van der Waals surface area contributed by atoms with Crippen molar-refractivity contribution in [1.82, 2.24) is 4.90 Å². The second-order valence-electron chi connectivity index (χ2n) is 5.72. The van der Waals surface area contributed by atoms with Crippen LogP contribution in [0.15, 0.2) is 47.1 Å². The van der Waals surface area contributed by atoms with Gasteiger partial charge >= 0.3 is 0 Å². The van der Waals surface area contributed by atoms with Crippen LogP contribution in [0.2, 0.25) is 5.02 Å². The van der Waals surface area contributed by atoms with Gasteiger partial charge in [-0.3, -0.25) is 14.4 Å². The molecule has 3 amide bonds. The van der Waals surface area contributed by atoms with Gasteiger partial charge in [-0.05, 0) is 36.4 Å². The zero-order valence-electron chi connectivity index (χ0n) is 13.6.